The van der Waals surface area contributed by atoms with Crippen LogP contribution >= 0.6 is 0 Å². The van der Waals surface area contributed by atoms with E-state index in [4.69, 9.17) is 4.74 Å². The van der Waals surface area contributed by atoms with Gasteiger partial charge in [0.15, 0.2) is 0 Å². The highest BCUT2D eigenvalue weighted by Gasteiger charge is 2.28. The lowest BCUT2D eigenvalue weighted by molar-refractivity contribution is -0.00446. The summed E-state index contributed by atoms with van der Waals surface area (Å²) >= 11 is 0. The second-order valence-electron chi connectivity index (χ2n) is 4.50. The number of H-pyrrole nitrogens is 2. The van der Waals surface area contributed by atoms with E-state index in [1.807, 2.05) is 6.92 Å². The Hall–Kier alpha value is -1.89. The summed E-state index contributed by atoms with van der Waals surface area (Å²) in [6, 6.07) is -0.0161. The fourth-order valence-corrected chi connectivity index (χ4v) is 2.22. The Balaban J connectivity index is 2.26. The summed E-state index contributed by atoms with van der Waals surface area (Å²) in [6.07, 6.45) is 2.93. The van der Waals surface area contributed by atoms with Crippen LogP contribution in [0.3, 0.4) is 0 Å². The number of hydrogen-bond acceptors (Lipinski definition) is 4. The number of nitrogens with one attached hydrogen (secondary N) is 2. The number of aromatic nitrogens is 2. The molecule has 104 valence electrons. The van der Waals surface area contributed by atoms with Gasteiger partial charge >= 0.3 is 5.69 Å². The number of aromatic amines is 2. The van der Waals surface area contributed by atoms with Crippen LogP contribution in [0.15, 0.2) is 15.8 Å². The molecular formula is C12H17N3O4. The third-order valence-electron chi connectivity index (χ3n) is 3.16. The molecule has 1 saturated heterocycles. The molecule has 0 unspecified atom stereocenters. The third-order valence-corrected chi connectivity index (χ3v) is 3.16. The van der Waals surface area contributed by atoms with Gasteiger partial charge in [-0.2, -0.15) is 0 Å². The van der Waals surface area contributed by atoms with Crippen LogP contribution in [0.4, 0.5) is 0 Å². The van der Waals surface area contributed by atoms with Gasteiger partial charge in [0, 0.05) is 12.7 Å². The van der Waals surface area contributed by atoms with Crippen LogP contribution in [0.5, 0.6) is 0 Å². The summed E-state index contributed by atoms with van der Waals surface area (Å²) in [5, 5.41) is 0. The molecule has 1 atom stereocenters. The van der Waals surface area contributed by atoms with Crippen molar-refractivity contribution in [2.75, 3.05) is 19.8 Å². The highest BCUT2D eigenvalue weighted by Crippen LogP contribution is 2.14. The Labute approximate surface area is 109 Å². The third kappa shape index (κ3) is 2.93. The van der Waals surface area contributed by atoms with Crippen molar-refractivity contribution >= 4 is 5.91 Å². The second-order valence-corrected chi connectivity index (χ2v) is 4.50. The average molecular weight is 267 g/mol. The van der Waals surface area contributed by atoms with E-state index < -0.39 is 11.2 Å². The maximum absolute atomic E-state index is 12.3. The van der Waals surface area contributed by atoms with Gasteiger partial charge in [-0.1, -0.05) is 13.3 Å². The lowest BCUT2D eigenvalue weighted by Gasteiger charge is -2.35. The minimum atomic E-state index is -0.657. The smallest absolute Gasteiger partial charge is 0.325 e. The number of hydrogen-bond donors (Lipinski definition) is 2. The predicted octanol–water partition coefficient (Wildman–Crippen LogP) is -0.296. The van der Waals surface area contributed by atoms with Crippen molar-refractivity contribution in [3.63, 3.8) is 0 Å². The van der Waals surface area contributed by atoms with Crippen LogP contribution in [0.1, 0.15) is 30.1 Å². The molecule has 0 aliphatic carbocycles. The fraction of sp³-hybridized carbons (Fsp3) is 0.583. The summed E-state index contributed by atoms with van der Waals surface area (Å²) < 4.78 is 5.36. The highest BCUT2D eigenvalue weighted by atomic mass is 16.5. The lowest BCUT2D eigenvalue weighted by Crippen LogP contribution is -2.50. The summed E-state index contributed by atoms with van der Waals surface area (Å²) in [6.45, 7) is 3.44. The Kier molecular flexibility index (Phi) is 4.16. The quantitative estimate of drug-likeness (QED) is 0.786. The predicted molar refractivity (Wildman–Crippen MR) is 68.2 cm³/mol. The minimum absolute atomic E-state index is 0.0161. The van der Waals surface area contributed by atoms with Crippen LogP contribution in [0, 0.1) is 0 Å². The fourth-order valence-electron chi connectivity index (χ4n) is 2.22. The number of ether oxygens (including phenoxy) is 1. The number of rotatable bonds is 3. The van der Waals surface area contributed by atoms with Crippen LogP contribution in [0.2, 0.25) is 0 Å². The van der Waals surface area contributed by atoms with E-state index in [9.17, 15) is 14.4 Å². The van der Waals surface area contributed by atoms with E-state index in [-0.39, 0.29) is 17.5 Å². The Morgan fingerprint density at radius 2 is 2.32 bits per heavy atom. The van der Waals surface area contributed by atoms with Gasteiger partial charge in [0.1, 0.15) is 5.56 Å². The van der Waals surface area contributed by atoms with Crippen molar-refractivity contribution in [2.45, 2.75) is 25.8 Å². The van der Waals surface area contributed by atoms with Gasteiger partial charge in [-0.25, -0.2) is 4.79 Å². The summed E-state index contributed by atoms with van der Waals surface area (Å²) in [7, 11) is 0. The average Bonchev–Trinajstić information content (AvgIpc) is 2.39. The second kappa shape index (κ2) is 5.83. The molecule has 0 bridgehead atoms. The zero-order chi connectivity index (χ0) is 13.8. The van der Waals surface area contributed by atoms with E-state index in [2.05, 4.69) is 9.97 Å². The van der Waals surface area contributed by atoms with Crippen molar-refractivity contribution in [2.24, 2.45) is 0 Å². The van der Waals surface area contributed by atoms with Crippen LogP contribution in [0.25, 0.3) is 0 Å². The van der Waals surface area contributed by atoms with Crippen LogP contribution in [-0.2, 0) is 4.74 Å². The monoisotopic (exact) mass is 267 g/mol. The van der Waals surface area contributed by atoms with Gasteiger partial charge in [0.25, 0.3) is 11.5 Å². The molecule has 19 heavy (non-hydrogen) atoms. The first-order chi connectivity index (χ1) is 9.13. The molecule has 7 heteroatoms. The number of nitrogens with zero attached hydrogens (tertiary/aromatic N) is 1. The first-order valence-corrected chi connectivity index (χ1v) is 6.34. The molecule has 2 heterocycles. The largest absolute Gasteiger partial charge is 0.377 e. The molecule has 2 rings (SSSR count). The van der Waals surface area contributed by atoms with Gasteiger partial charge in [-0.05, 0) is 6.42 Å². The molecule has 1 aliphatic rings. The van der Waals surface area contributed by atoms with Gasteiger partial charge in [0.05, 0.1) is 19.3 Å². The molecule has 1 amide bonds. The zero-order valence-electron chi connectivity index (χ0n) is 10.8. The van der Waals surface area contributed by atoms with Gasteiger partial charge in [0.2, 0.25) is 0 Å². The number of carbonyl (C=O) groups excluding carboxylic acids is 1. The minimum Gasteiger partial charge on any atom is -0.377 e. The van der Waals surface area contributed by atoms with E-state index in [1.165, 1.54) is 6.20 Å². The molecular weight excluding hydrogens is 250 g/mol. The molecule has 1 fully saturated rings. The Morgan fingerprint density at radius 1 is 1.53 bits per heavy atom. The van der Waals surface area contributed by atoms with E-state index in [1.54, 1.807) is 4.90 Å². The van der Waals surface area contributed by atoms with Gasteiger partial charge in [-0.15, -0.1) is 0 Å². The number of carbonyl (C=O) groups is 1. The van der Waals surface area contributed by atoms with Crippen molar-refractivity contribution < 1.29 is 9.53 Å². The molecule has 0 saturated carbocycles. The molecule has 0 spiro atoms. The standard InChI is InChI=1S/C12H17N3O4/c1-2-3-8-7-19-5-4-15(8)11(17)9-6-13-12(18)14-10(9)16/h6,8H,2-5,7H2,1H3,(H2,13,14,16,18)/t8-/m1/s1. The SMILES string of the molecule is CCC[C@@H]1COCCN1C(=O)c1c[nH]c(=O)[nH]c1=O. The lowest BCUT2D eigenvalue weighted by atomic mass is 10.1. The summed E-state index contributed by atoms with van der Waals surface area (Å²) in [4.78, 5) is 41.0. The van der Waals surface area contributed by atoms with E-state index in [0.29, 0.717) is 19.8 Å². The van der Waals surface area contributed by atoms with Gasteiger partial charge in [-0.3, -0.25) is 14.6 Å². The summed E-state index contributed by atoms with van der Waals surface area (Å²) in [5.74, 6) is -0.362. The molecule has 2 N–H and O–H groups in total. The number of morpholine rings is 1. The highest BCUT2D eigenvalue weighted by molar-refractivity contribution is 5.93. The van der Waals surface area contributed by atoms with Crippen molar-refractivity contribution in [3.05, 3.63) is 32.6 Å². The molecule has 0 aromatic carbocycles. The van der Waals surface area contributed by atoms with Crippen LogP contribution < -0.4 is 11.2 Å². The molecule has 0 radical (unpaired) electrons. The van der Waals surface area contributed by atoms with Crippen molar-refractivity contribution in [1.82, 2.24) is 14.9 Å². The van der Waals surface area contributed by atoms with Gasteiger partial charge < -0.3 is 14.6 Å². The maximum Gasteiger partial charge on any atom is 0.325 e. The van der Waals surface area contributed by atoms with E-state index >= 15 is 0 Å². The maximum atomic E-state index is 12.3. The van der Waals surface area contributed by atoms with E-state index in [0.717, 1.165) is 12.8 Å². The molecule has 1 aliphatic heterocycles. The molecule has 7 nitrogen and oxygen atoms in total. The summed E-state index contributed by atoms with van der Waals surface area (Å²) in [5.41, 5.74) is -1.31. The zero-order valence-corrected chi connectivity index (χ0v) is 10.8. The van der Waals surface area contributed by atoms with Crippen LogP contribution in [-0.4, -0.2) is 46.6 Å². The van der Waals surface area contributed by atoms with Crippen molar-refractivity contribution in [1.29, 1.82) is 0 Å². The molecule has 1 aromatic rings. The Morgan fingerprint density at radius 3 is 3.00 bits per heavy atom. The molecule has 1 aromatic heterocycles. The Bertz CT molecular complexity index is 561. The topological polar surface area (TPSA) is 95.3 Å². The number of amides is 1. The first-order valence-electron chi connectivity index (χ1n) is 6.34. The van der Waals surface area contributed by atoms with Crippen molar-refractivity contribution in [3.8, 4) is 0 Å². The normalized spacial score (nSPS) is 19.4. The first kappa shape index (κ1) is 13.5.